The van der Waals surface area contributed by atoms with Crippen molar-refractivity contribution in [2.75, 3.05) is 0 Å². The Hall–Kier alpha value is -1.69. The molecule has 2 aromatic heterocycles. The number of hydrogen-bond donors (Lipinski definition) is 1. The van der Waals surface area contributed by atoms with Gasteiger partial charge in [-0.25, -0.2) is 9.78 Å². The molecule has 0 unspecified atom stereocenters. The van der Waals surface area contributed by atoms with Crippen LogP contribution in [0.3, 0.4) is 0 Å². The Morgan fingerprint density at radius 3 is 2.67 bits per heavy atom. The number of carboxylic acid groups (broad SMARTS) is 1. The molecule has 6 heteroatoms. The van der Waals surface area contributed by atoms with E-state index in [1.807, 2.05) is 6.92 Å². The summed E-state index contributed by atoms with van der Waals surface area (Å²) in [6.07, 6.45) is 0.836. The van der Waals surface area contributed by atoms with E-state index in [0.717, 1.165) is 17.8 Å². The van der Waals surface area contributed by atoms with Crippen molar-refractivity contribution in [2.24, 2.45) is 0 Å². The number of nitrogens with zero attached hydrogens (tertiary/aromatic N) is 2. The summed E-state index contributed by atoms with van der Waals surface area (Å²) in [5, 5.41) is 9.51. The monoisotopic (exact) mass is 266 g/mol. The molecule has 1 N–H and O–H groups in total. The molecule has 0 saturated carbocycles. The van der Waals surface area contributed by atoms with Crippen molar-refractivity contribution in [1.82, 2.24) is 9.55 Å². The van der Waals surface area contributed by atoms with E-state index in [9.17, 15) is 9.59 Å². The molecule has 0 aliphatic rings. The molecule has 0 aliphatic heterocycles. The highest BCUT2D eigenvalue weighted by molar-refractivity contribution is 7.20. The van der Waals surface area contributed by atoms with Crippen LogP contribution in [0.1, 0.15) is 34.4 Å². The molecular formula is C12H14N2O3S. The molecule has 0 saturated heterocycles. The van der Waals surface area contributed by atoms with Gasteiger partial charge in [0.05, 0.1) is 5.39 Å². The number of hydrogen-bond acceptors (Lipinski definition) is 4. The van der Waals surface area contributed by atoms with Crippen LogP contribution in [0, 0.1) is 13.8 Å². The van der Waals surface area contributed by atoms with Gasteiger partial charge in [-0.05, 0) is 25.8 Å². The number of rotatable bonds is 3. The molecule has 0 atom stereocenters. The minimum absolute atomic E-state index is 0.138. The first kappa shape index (κ1) is 12.8. The second-order valence-electron chi connectivity index (χ2n) is 4.16. The van der Waals surface area contributed by atoms with Crippen molar-refractivity contribution in [3.63, 3.8) is 0 Å². The summed E-state index contributed by atoms with van der Waals surface area (Å²) >= 11 is 1.06. The summed E-state index contributed by atoms with van der Waals surface area (Å²) in [6.45, 7) is 6.02. The van der Waals surface area contributed by atoms with E-state index in [1.54, 1.807) is 18.4 Å². The van der Waals surface area contributed by atoms with Gasteiger partial charge in [0.2, 0.25) is 0 Å². The summed E-state index contributed by atoms with van der Waals surface area (Å²) in [6, 6.07) is 0. The van der Waals surface area contributed by atoms with Gasteiger partial charge in [-0.1, -0.05) is 6.92 Å². The Morgan fingerprint density at radius 1 is 1.44 bits per heavy atom. The van der Waals surface area contributed by atoms with Crippen molar-refractivity contribution < 1.29 is 9.90 Å². The van der Waals surface area contributed by atoms with Gasteiger partial charge in [-0.2, -0.15) is 0 Å². The van der Waals surface area contributed by atoms with Crippen LogP contribution in [0.4, 0.5) is 0 Å². The summed E-state index contributed by atoms with van der Waals surface area (Å²) in [7, 11) is 0. The van der Waals surface area contributed by atoms with Crippen LogP contribution in [0.25, 0.3) is 10.2 Å². The van der Waals surface area contributed by atoms with E-state index in [2.05, 4.69) is 4.98 Å². The molecule has 0 fully saturated rings. The van der Waals surface area contributed by atoms with Crippen molar-refractivity contribution in [3.05, 3.63) is 26.6 Å². The molecule has 2 rings (SSSR count). The third-order valence-corrected chi connectivity index (χ3v) is 4.06. The highest BCUT2D eigenvalue weighted by atomic mass is 32.1. The standard InChI is InChI=1S/C12H14N2O3S/c1-4-5-14-7(3)13-10-8(11(14)15)6(2)9(18-10)12(16)17/h4-5H2,1-3H3,(H,16,17). The SMILES string of the molecule is CCCn1c(C)nc2sc(C(=O)O)c(C)c2c1=O. The Morgan fingerprint density at radius 2 is 2.11 bits per heavy atom. The molecule has 0 aliphatic carbocycles. The molecule has 0 radical (unpaired) electrons. The van der Waals surface area contributed by atoms with Crippen molar-refractivity contribution in [1.29, 1.82) is 0 Å². The lowest BCUT2D eigenvalue weighted by Crippen LogP contribution is -2.23. The average Bonchev–Trinajstić information content (AvgIpc) is 2.62. The zero-order valence-electron chi connectivity index (χ0n) is 10.5. The molecule has 0 spiro atoms. The zero-order chi connectivity index (χ0) is 13.4. The van der Waals surface area contributed by atoms with Crippen molar-refractivity contribution >= 4 is 27.5 Å². The average molecular weight is 266 g/mol. The summed E-state index contributed by atoms with van der Waals surface area (Å²) in [5.74, 6) is -0.373. The number of aromatic nitrogens is 2. The topological polar surface area (TPSA) is 72.2 Å². The summed E-state index contributed by atoms with van der Waals surface area (Å²) < 4.78 is 1.60. The third-order valence-electron chi connectivity index (χ3n) is 2.88. The first-order chi connectivity index (χ1) is 8.47. The smallest absolute Gasteiger partial charge is 0.346 e. The molecule has 2 aromatic rings. The van der Waals surface area contributed by atoms with Crippen LogP contribution < -0.4 is 5.56 Å². The van der Waals surface area contributed by atoms with Gasteiger partial charge < -0.3 is 5.11 Å². The highest BCUT2D eigenvalue weighted by Crippen LogP contribution is 2.27. The zero-order valence-corrected chi connectivity index (χ0v) is 11.3. The van der Waals surface area contributed by atoms with E-state index in [1.165, 1.54) is 0 Å². The van der Waals surface area contributed by atoms with Crippen molar-refractivity contribution in [2.45, 2.75) is 33.7 Å². The number of aryl methyl sites for hydroxylation is 2. The maximum Gasteiger partial charge on any atom is 0.346 e. The van der Waals surface area contributed by atoms with E-state index in [4.69, 9.17) is 5.11 Å². The number of carbonyl (C=O) groups is 1. The molecule has 2 heterocycles. The van der Waals surface area contributed by atoms with E-state index in [0.29, 0.717) is 28.1 Å². The number of thiophene rings is 1. The Labute approximate surface area is 108 Å². The summed E-state index contributed by atoms with van der Waals surface area (Å²) in [4.78, 5) is 28.5. The van der Waals surface area contributed by atoms with Gasteiger partial charge in [-0.3, -0.25) is 9.36 Å². The van der Waals surface area contributed by atoms with Crippen LogP contribution in [0.15, 0.2) is 4.79 Å². The van der Waals surface area contributed by atoms with Gasteiger partial charge in [0, 0.05) is 6.54 Å². The fourth-order valence-corrected chi connectivity index (χ4v) is 3.07. The van der Waals surface area contributed by atoms with E-state index in [-0.39, 0.29) is 10.4 Å². The van der Waals surface area contributed by atoms with Gasteiger partial charge in [0.25, 0.3) is 5.56 Å². The number of fused-ring (bicyclic) bond motifs is 1. The highest BCUT2D eigenvalue weighted by Gasteiger charge is 2.19. The Balaban J connectivity index is 2.85. The summed E-state index contributed by atoms with van der Waals surface area (Å²) in [5.41, 5.74) is 0.380. The van der Waals surface area contributed by atoms with Crippen LogP contribution in [0.2, 0.25) is 0 Å². The largest absolute Gasteiger partial charge is 0.477 e. The molecule has 5 nitrogen and oxygen atoms in total. The first-order valence-corrected chi connectivity index (χ1v) is 6.52. The molecule has 0 bridgehead atoms. The molecule has 0 amide bonds. The van der Waals surface area contributed by atoms with E-state index < -0.39 is 5.97 Å². The minimum atomic E-state index is -1.01. The third kappa shape index (κ3) is 1.82. The fourth-order valence-electron chi connectivity index (χ4n) is 2.01. The maximum absolute atomic E-state index is 12.3. The quantitative estimate of drug-likeness (QED) is 0.924. The lowest BCUT2D eigenvalue weighted by atomic mass is 10.2. The first-order valence-electron chi connectivity index (χ1n) is 5.71. The molecule has 0 aromatic carbocycles. The lowest BCUT2D eigenvalue weighted by molar-refractivity contribution is 0.0701. The fraction of sp³-hybridized carbons (Fsp3) is 0.417. The van der Waals surface area contributed by atoms with Crippen molar-refractivity contribution in [3.8, 4) is 0 Å². The van der Waals surface area contributed by atoms with Gasteiger partial charge in [-0.15, -0.1) is 11.3 Å². The van der Waals surface area contributed by atoms with Crippen LogP contribution >= 0.6 is 11.3 Å². The molecule has 96 valence electrons. The van der Waals surface area contributed by atoms with Crippen LogP contribution in [0.5, 0.6) is 0 Å². The lowest BCUT2D eigenvalue weighted by Gasteiger charge is -2.07. The second kappa shape index (κ2) is 4.53. The predicted molar refractivity (Wildman–Crippen MR) is 70.6 cm³/mol. The normalized spacial score (nSPS) is 11.1. The second-order valence-corrected chi connectivity index (χ2v) is 5.16. The van der Waals surface area contributed by atoms with Gasteiger partial charge in [0.15, 0.2) is 0 Å². The number of aromatic carboxylic acids is 1. The predicted octanol–water partition coefficient (Wildman–Crippen LogP) is 2.18. The Kier molecular flexibility index (Phi) is 3.21. The molecule has 18 heavy (non-hydrogen) atoms. The minimum Gasteiger partial charge on any atom is -0.477 e. The van der Waals surface area contributed by atoms with Crippen LogP contribution in [-0.4, -0.2) is 20.6 Å². The number of carboxylic acids is 1. The maximum atomic E-state index is 12.3. The van der Waals surface area contributed by atoms with Crippen LogP contribution in [-0.2, 0) is 6.54 Å². The van der Waals surface area contributed by atoms with Gasteiger partial charge >= 0.3 is 5.97 Å². The van der Waals surface area contributed by atoms with E-state index >= 15 is 0 Å². The molecular weight excluding hydrogens is 252 g/mol. The Bertz CT molecular complexity index is 685. The van der Waals surface area contributed by atoms with Gasteiger partial charge in [0.1, 0.15) is 15.5 Å².